The minimum atomic E-state index is -0.946. The number of ether oxygens (including phenoxy) is 1. The van der Waals surface area contributed by atoms with Gasteiger partial charge in [0.1, 0.15) is 5.75 Å². The Hall–Kier alpha value is -3.65. The molecule has 0 bridgehead atoms. The number of phenolic OH excluding ortho intramolecular Hbond substituents is 1. The molecule has 0 aliphatic rings. The van der Waals surface area contributed by atoms with E-state index in [-0.39, 0.29) is 16.9 Å². The van der Waals surface area contributed by atoms with Crippen molar-refractivity contribution in [2.45, 2.75) is 0 Å². The molecule has 8 heteroatoms. The fourth-order valence-electron chi connectivity index (χ4n) is 2.70. The SMILES string of the molecule is NC(=O)Oc1nc2ccc(C(=O)Nc3cc4ccccc4cc3O)cc2s1. The van der Waals surface area contributed by atoms with Crippen LogP contribution in [0.1, 0.15) is 10.4 Å². The van der Waals surface area contributed by atoms with E-state index in [0.29, 0.717) is 21.5 Å². The Bertz CT molecular complexity index is 1200. The van der Waals surface area contributed by atoms with E-state index in [1.54, 1.807) is 30.3 Å². The number of carbonyl (C=O) groups is 2. The lowest BCUT2D eigenvalue weighted by atomic mass is 10.1. The van der Waals surface area contributed by atoms with Gasteiger partial charge in [0.05, 0.1) is 15.9 Å². The van der Waals surface area contributed by atoms with Gasteiger partial charge in [-0.3, -0.25) is 4.79 Å². The van der Waals surface area contributed by atoms with Gasteiger partial charge in [0, 0.05) is 5.56 Å². The normalized spacial score (nSPS) is 10.8. The van der Waals surface area contributed by atoms with Gasteiger partial charge in [-0.05, 0) is 41.1 Å². The standard InChI is InChI=1S/C19H13N3O4S/c20-18(25)26-19-22-13-6-5-12(9-16(13)27-19)17(24)21-14-7-10-3-1-2-4-11(10)8-15(14)23/h1-9,23H,(H2,20,25)(H,21,24). The smallest absolute Gasteiger partial charge is 0.411 e. The number of aromatic hydroxyl groups is 1. The van der Waals surface area contributed by atoms with Crippen molar-refractivity contribution in [3.63, 3.8) is 0 Å². The second-order valence-corrected chi connectivity index (χ2v) is 6.75. The monoisotopic (exact) mass is 379 g/mol. The van der Waals surface area contributed by atoms with Crippen LogP contribution < -0.4 is 15.8 Å². The van der Waals surface area contributed by atoms with Crippen molar-refractivity contribution < 1.29 is 19.4 Å². The molecule has 0 saturated carbocycles. The van der Waals surface area contributed by atoms with E-state index in [9.17, 15) is 14.7 Å². The van der Waals surface area contributed by atoms with E-state index in [1.807, 2.05) is 24.3 Å². The highest BCUT2D eigenvalue weighted by Crippen LogP contribution is 2.31. The Morgan fingerprint density at radius 2 is 1.81 bits per heavy atom. The third-order valence-corrected chi connectivity index (χ3v) is 4.83. The number of nitrogens with one attached hydrogen (secondary N) is 1. The maximum Gasteiger partial charge on any atom is 0.411 e. The second kappa shape index (κ2) is 6.58. The summed E-state index contributed by atoms with van der Waals surface area (Å²) in [7, 11) is 0. The van der Waals surface area contributed by atoms with Crippen molar-refractivity contribution in [2.24, 2.45) is 5.73 Å². The summed E-state index contributed by atoms with van der Waals surface area (Å²) in [5.74, 6) is -0.397. The first-order valence-corrected chi connectivity index (χ1v) is 8.72. The van der Waals surface area contributed by atoms with Gasteiger partial charge in [-0.2, -0.15) is 0 Å². The molecule has 0 atom stereocenters. The summed E-state index contributed by atoms with van der Waals surface area (Å²) in [6.07, 6.45) is -0.946. The summed E-state index contributed by atoms with van der Waals surface area (Å²) >= 11 is 1.10. The molecule has 0 aliphatic heterocycles. The van der Waals surface area contributed by atoms with Gasteiger partial charge >= 0.3 is 6.09 Å². The fraction of sp³-hybridized carbons (Fsp3) is 0. The summed E-state index contributed by atoms with van der Waals surface area (Å²) < 4.78 is 5.43. The van der Waals surface area contributed by atoms with Crippen LogP contribution in [0.3, 0.4) is 0 Å². The number of hydrogen-bond acceptors (Lipinski definition) is 6. The first-order chi connectivity index (χ1) is 13.0. The van der Waals surface area contributed by atoms with E-state index < -0.39 is 6.09 Å². The third-order valence-electron chi connectivity index (χ3n) is 3.93. The lowest BCUT2D eigenvalue weighted by molar-refractivity contribution is 0.102. The van der Waals surface area contributed by atoms with Gasteiger partial charge in [-0.15, -0.1) is 0 Å². The molecule has 0 unspecified atom stereocenters. The van der Waals surface area contributed by atoms with Crippen LogP contribution in [0.25, 0.3) is 21.0 Å². The number of benzene rings is 3. The third kappa shape index (κ3) is 3.38. The van der Waals surface area contributed by atoms with Crippen LogP contribution >= 0.6 is 11.3 Å². The van der Waals surface area contributed by atoms with Crippen molar-refractivity contribution >= 4 is 50.0 Å². The molecule has 4 aromatic rings. The van der Waals surface area contributed by atoms with Gasteiger partial charge in [0.25, 0.3) is 11.1 Å². The molecule has 1 aromatic heterocycles. The molecule has 0 saturated heterocycles. The van der Waals surface area contributed by atoms with Crippen LogP contribution in [0.15, 0.2) is 54.6 Å². The van der Waals surface area contributed by atoms with E-state index in [0.717, 1.165) is 22.1 Å². The quantitative estimate of drug-likeness (QED) is 0.468. The molecule has 27 heavy (non-hydrogen) atoms. The molecule has 0 fully saturated rings. The average Bonchev–Trinajstić information content (AvgIpc) is 3.02. The van der Waals surface area contributed by atoms with E-state index in [2.05, 4.69) is 10.3 Å². The molecular weight excluding hydrogens is 366 g/mol. The van der Waals surface area contributed by atoms with Crippen LogP contribution in [0.5, 0.6) is 10.9 Å². The minimum absolute atomic E-state index is 0.0157. The molecule has 1 heterocycles. The number of rotatable bonds is 3. The Morgan fingerprint density at radius 3 is 2.56 bits per heavy atom. The molecule has 0 aliphatic carbocycles. The number of phenols is 1. The Labute approximate surface area is 157 Å². The van der Waals surface area contributed by atoms with Crippen molar-refractivity contribution in [2.75, 3.05) is 5.32 Å². The zero-order valence-corrected chi connectivity index (χ0v) is 14.6. The lowest BCUT2D eigenvalue weighted by Crippen LogP contribution is -2.15. The predicted octanol–water partition coefficient (Wildman–Crippen LogP) is 3.86. The number of nitrogens with two attached hydrogens (primary N) is 1. The van der Waals surface area contributed by atoms with Crippen LogP contribution in [0.2, 0.25) is 0 Å². The molecule has 3 aromatic carbocycles. The first-order valence-electron chi connectivity index (χ1n) is 7.90. The number of amides is 2. The second-order valence-electron chi connectivity index (χ2n) is 5.75. The number of primary amides is 1. The highest BCUT2D eigenvalue weighted by molar-refractivity contribution is 7.20. The van der Waals surface area contributed by atoms with Crippen LogP contribution in [0, 0.1) is 0 Å². The van der Waals surface area contributed by atoms with Gasteiger partial charge in [0.2, 0.25) is 0 Å². The molecule has 0 spiro atoms. The number of nitrogens with zero attached hydrogens (tertiary/aromatic N) is 1. The maximum absolute atomic E-state index is 12.6. The van der Waals surface area contributed by atoms with Gasteiger partial charge in [0.15, 0.2) is 0 Å². The maximum atomic E-state index is 12.6. The number of aromatic nitrogens is 1. The summed E-state index contributed by atoms with van der Waals surface area (Å²) in [4.78, 5) is 27.5. The van der Waals surface area contributed by atoms with Crippen LogP contribution in [0.4, 0.5) is 10.5 Å². The lowest BCUT2D eigenvalue weighted by Gasteiger charge is -2.09. The van der Waals surface area contributed by atoms with E-state index in [4.69, 9.17) is 10.5 Å². The number of hydrogen-bond donors (Lipinski definition) is 3. The van der Waals surface area contributed by atoms with Crippen LogP contribution in [-0.4, -0.2) is 22.1 Å². The molecule has 4 rings (SSSR count). The van der Waals surface area contributed by atoms with Crippen molar-refractivity contribution in [3.8, 4) is 10.9 Å². The van der Waals surface area contributed by atoms with Gasteiger partial charge in [-0.1, -0.05) is 35.6 Å². The largest absolute Gasteiger partial charge is 0.506 e. The van der Waals surface area contributed by atoms with Crippen molar-refractivity contribution in [1.29, 1.82) is 0 Å². The van der Waals surface area contributed by atoms with Crippen molar-refractivity contribution in [3.05, 3.63) is 60.2 Å². The highest BCUT2D eigenvalue weighted by Gasteiger charge is 2.13. The molecule has 2 amide bonds. The predicted molar refractivity (Wildman–Crippen MR) is 103 cm³/mol. The van der Waals surface area contributed by atoms with E-state index in [1.165, 1.54) is 0 Å². The zero-order valence-electron chi connectivity index (χ0n) is 13.8. The molecule has 134 valence electrons. The number of anilines is 1. The Kier molecular flexibility index (Phi) is 4.09. The first kappa shape index (κ1) is 16.8. The summed E-state index contributed by atoms with van der Waals surface area (Å²) in [5, 5.41) is 14.8. The van der Waals surface area contributed by atoms with Crippen molar-refractivity contribution in [1.82, 2.24) is 4.98 Å². The molecular formula is C19H13N3O4S. The van der Waals surface area contributed by atoms with Gasteiger partial charge in [-0.25, -0.2) is 9.78 Å². The Morgan fingerprint density at radius 1 is 1.07 bits per heavy atom. The minimum Gasteiger partial charge on any atom is -0.506 e. The summed E-state index contributed by atoms with van der Waals surface area (Å²) in [6.45, 7) is 0. The molecule has 4 N–H and O–H groups in total. The number of thiazole rings is 1. The number of fused-ring (bicyclic) bond motifs is 2. The van der Waals surface area contributed by atoms with Gasteiger partial charge < -0.3 is 20.9 Å². The van der Waals surface area contributed by atoms with Crippen LogP contribution in [-0.2, 0) is 0 Å². The topological polar surface area (TPSA) is 115 Å². The molecule has 7 nitrogen and oxygen atoms in total. The molecule has 0 radical (unpaired) electrons. The summed E-state index contributed by atoms with van der Waals surface area (Å²) in [6, 6.07) is 15.7. The zero-order chi connectivity index (χ0) is 19.0. The average molecular weight is 379 g/mol. The Balaban J connectivity index is 1.62. The summed E-state index contributed by atoms with van der Waals surface area (Å²) in [5.41, 5.74) is 6.27. The highest BCUT2D eigenvalue weighted by atomic mass is 32.1. The van der Waals surface area contributed by atoms with E-state index >= 15 is 0 Å². The fourth-order valence-corrected chi connectivity index (χ4v) is 3.56. The number of carbonyl (C=O) groups excluding carboxylic acids is 2.